The fourth-order valence-electron chi connectivity index (χ4n) is 2.77. The van der Waals surface area contributed by atoms with E-state index in [-0.39, 0.29) is 29.9 Å². The number of anilines is 1. The summed E-state index contributed by atoms with van der Waals surface area (Å²) in [6.45, 7) is 3.71. The van der Waals surface area contributed by atoms with Gasteiger partial charge in [-0.25, -0.2) is 4.79 Å². The molecule has 1 fully saturated rings. The molecular weight excluding hydrogens is 310 g/mol. The van der Waals surface area contributed by atoms with Crippen LogP contribution in [0, 0.1) is 5.92 Å². The Morgan fingerprint density at radius 3 is 2.58 bits per heavy atom. The van der Waals surface area contributed by atoms with Crippen LogP contribution < -0.4 is 16.0 Å². The molecule has 2 atom stereocenters. The zero-order valence-corrected chi connectivity index (χ0v) is 13.8. The summed E-state index contributed by atoms with van der Waals surface area (Å²) in [7, 11) is 0. The molecule has 3 amide bonds. The van der Waals surface area contributed by atoms with Gasteiger partial charge in [0.1, 0.15) is 0 Å². The van der Waals surface area contributed by atoms with Gasteiger partial charge in [-0.2, -0.15) is 0 Å². The highest BCUT2D eigenvalue weighted by atomic mass is 16.4. The number of nitrogens with one attached hydrogen (secondary N) is 3. The van der Waals surface area contributed by atoms with Crippen molar-refractivity contribution >= 4 is 23.6 Å². The SMILES string of the molecule is CC(C)NC(=O)Nc1cccc(C(=O)N[C@@H]2CC[C@H](C(=O)O)C2)c1. The maximum absolute atomic E-state index is 12.3. The van der Waals surface area contributed by atoms with Crippen LogP contribution in [0.5, 0.6) is 0 Å². The van der Waals surface area contributed by atoms with Crippen LogP contribution in [0.2, 0.25) is 0 Å². The first-order valence-electron chi connectivity index (χ1n) is 8.06. The van der Waals surface area contributed by atoms with E-state index in [4.69, 9.17) is 5.11 Å². The third kappa shape index (κ3) is 4.97. The number of urea groups is 1. The summed E-state index contributed by atoms with van der Waals surface area (Å²) < 4.78 is 0. The van der Waals surface area contributed by atoms with Gasteiger partial charge < -0.3 is 21.1 Å². The van der Waals surface area contributed by atoms with Crippen LogP contribution in [-0.4, -0.2) is 35.1 Å². The topological polar surface area (TPSA) is 108 Å². The van der Waals surface area contributed by atoms with Gasteiger partial charge in [-0.3, -0.25) is 9.59 Å². The second-order valence-electron chi connectivity index (χ2n) is 6.35. The molecule has 0 bridgehead atoms. The summed E-state index contributed by atoms with van der Waals surface area (Å²) in [5.41, 5.74) is 0.951. The first kappa shape index (κ1) is 17.8. The highest BCUT2D eigenvalue weighted by Gasteiger charge is 2.30. The molecule has 0 spiro atoms. The molecule has 0 heterocycles. The minimum Gasteiger partial charge on any atom is -0.481 e. The molecule has 1 aromatic rings. The molecule has 1 aliphatic rings. The zero-order chi connectivity index (χ0) is 17.7. The molecule has 0 unspecified atom stereocenters. The van der Waals surface area contributed by atoms with Gasteiger partial charge in [-0.1, -0.05) is 6.07 Å². The standard InChI is InChI=1S/C17H23N3O4/c1-10(2)18-17(24)20-13-5-3-4-11(8-13)15(21)19-14-7-6-12(9-14)16(22)23/h3-5,8,10,12,14H,6-7,9H2,1-2H3,(H,19,21)(H,22,23)(H2,18,20,24)/t12-,14+/m0/s1. The highest BCUT2D eigenvalue weighted by Crippen LogP contribution is 2.26. The van der Waals surface area contributed by atoms with E-state index in [1.54, 1.807) is 24.3 Å². The number of carboxylic acid groups (broad SMARTS) is 1. The molecule has 2 rings (SSSR count). The lowest BCUT2D eigenvalue weighted by atomic mass is 10.1. The predicted octanol–water partition coefficient (Wildman–Crippen LogP) is 2.20. The van der Waals surface area contributed by atoms with Crippen LogP contribution in [-0.2, 0) is 4.79 Å². The van der Waals surface area contributed by atoms with Crippen molar-refractivity contribution in [1.29, 1.82) is 0 Å². The van der Waals surface area contributed by atoms with Crippen molar-refractivity contribution < 1.29 is 19.5 Å². The molecule has 4 N–H and O–H groups in total. The molecule has 0 aliphatic heterocycles. The third-order valence-electron chi connectivity index (χ3n) is 3.92. The molecule has 1 saturated carbocycles. The van der Waals surface area contributed by atoms with Gasteiger partial charge in [0.15, 0.2) is 0 Å². The summed E-state index contributed by atoms with van der Waals surface area (Å²) in [5.74, 6) is -1.46. The summed E-state index contributed by atoms with van der Waals surface area (Å²) in [6, 6.07) is 6.20. The predicted molar refractivity (Wildman–Crippen MR) is 90.0 cm³/mol. The van der Waals surface area contributed by atoms with Gasteiger partial charge in [0.25, 0.3) is 5.91 Å². The Hall–Kier alpha value is -2.57. The Bertz CT molecular complexity index is 630. The number of rotatable bonds is 5. The van der Waals surface area contributed by atoms with E-state index in [9.17, 15) is 14.4 Å². The van der Waals surface area contributed by atoms with Gasteiger partial charge in [0.05, 0.1) is 5.92 Å². The molecule has 1 aromatic carbocycles. The van der Waals surface area contributed by atoms with Crippen LogP contribution in [0.4, 0.5) is 10.5 Å². The summed E-state index contributed by atoms with van der Waals surface area (Å²) in [4.78, 5) is 35.0. The molecule has 1 aliphatic carbocycles. The van der Waals surface area contributed by atoms with Crippen molar-refractivity contribution in [3.05, 3.63) is 29.8 Å². The molecule has 130 valence electrons. The monoisotopic (exact) mass is 333 g/mol. The number of hydrogen-bond donors (Lipinski definition) is 4. The molecular formula is C17H23N3O4. The first-order valence-corrected chi connectivity index (χ1v) is 8.06. The molecule has 0 radical (unpaired) electrons. The lowest BCUT2D eigenvalue weighted by Crippen LogP contribution is -2.34. The number of aliphatic carboxylic acids is 1. The van der Waals surface area contributed by atoms with E-state index in [0.29, 0.717) is 30.5 Å². The number of carbonyl (C=O) groups is 3. The molecule has 24 heavy (non-hydrogen) atoms. The smallest absolute Gasteiger partial charge is 0.319 e. The second-order valence-corrected chi connectivity index (χ2v) is 6.35. The molecule has 7 heteroatoms. The summed E-state index contributed by atoms with van der Waals surface area (Å²) >= 11 is 0. The van der Waals surface area contributed by atoms with Crippen molar-refractivity contribution in [1.82, 2.24) is 10.6 Å². The van der Waals surface area contributed by atoms with E-state index in [1.807, 2.05) is 13.8 Å². The number of amides is 3. The lowest BCUT2D eigenvalue weighted by molar-refractivity contribution is -0.141. The Morgan fingerprint density at radius 2 is 1.96 bits per heavy atom. The molecule has 0 saturated heterocycles. The van der Waals surface area contributed by atoms with Crippen molar-refractivity contribution in [2.24, 2.45) is 5.92 Å². The van der Waals surface area contributed by atoms with Crippen LogP contribution in [0.15, 0.2) is 24.3 Å². The average Bonchev–Trinajstić information content (AvgIpc) is 2.95. The minimum atomic E-state index is -0.811. The Morgan fingerprint density at radius 1 is 1.21 bits per heavy atom. The van der Waals surface area contributed by atoms with Crippen molar-refractivity contribution in [3.63, 3.8) is 0 Å². The summed E-state index contributed by atoms with van der Waals surface area (Å²) in [5, 5.41) is 17.3. The van der Waals surface area contributed by atoms with Gasteiger partial charge >= 0.3 is 12.0 Å². The van der Waals surface area contributed by atoms with E-state index < -0.39 is 5.97 Å². The minimum absolute atomic E-state index is 0.0148. The summed E-state index contributed by atoms with van der Waals surface area (Å²) in [6.07, 6.45) is 1.70. The second kappa shape index (κ2) is 7.81. The average molecular weight is 333 g/mol. The van der Waals surface area contributed by atoms with Crippen LogP contribution >= 0.6 is 0 Å². The van der Waals surface area contributed by atoms with E-state index in [0.717, 1.165) is 0 Å². The van der Waals surface area contributed by atoms with Crippen LogP contribution in [0.25, 0.3) is 0 Å². The number of benzene rings is 1. The van der Waals surface area contributed by atoms with E-state index in [1.165, 1.54) is 0 Å². The van der Waals surface area contributed by atoms with Crippen molar-refractivity contribution in [3.8, 4) is 0 Å². The largest absolute Gasteiger partial charge is 0.481 e. The van der Waals surface area contributed by atoms with Gasteiger partial charge in [-0.15, -0.1) is 0 Å². The molecule has 7 nitrogen and oxygen atoms in total. The fourth-order valence-corrected chi connectivity index (χ4v) is 2.77. The maximum atomic E-state index is 12.3. The Kier molecular flexibility index (Phi) is 5.78. The Balaban J connectivity index is 1.94. The highest BCUT2D eigenvalue weighted by molar-refractivity contribution is 5.97. The van der Waals surface area contributed by atoms with E-state index in [2.05, 4.69) is 16.0 Å². The quantitative estimate of drug-likeness (QED) is 0.662. The Labute approximate surface area is 140 Å². The lowest BCUT2D eigenvalue weighted by Gasteiger charge is -2.14. The number of carboxylic acids is 1. The van der Waals surface area contributed by atoms with Gasteiger partial charge in [0.2, 0.25) is 0 Å². The van der Waals surface area contributed by atoms with Crippen molar-refractivity contribution in [2.75, 3.05) is 5.32 Å². The molecule has 0 aromatic heterocycles. The van der Waals surface area contributed by atoms with Gasteiger partial charge in [0, 0.05) is 23.3 Å². The maximum Gasteiger partial charge on any atom is 0.319 e. The fraction of sp³-hybridized carbons (Fsp3) is 0.471. The first-order chi connectivity index (χ1) is 11.3. The number of carbonyl (C=O) groups excluding carboxylic acids is 2. The zero-order valence-electron chi connectivity index (χ0n) is 13.8. The van der Waals surface area contributed by atoms with Crippen LogP contribution in [0.1, 0.15) is 43.5 Å². The third-order valence-corrected chi connectivity index (χ3v) is 3.92. The normalized spacial score (nSPS) is 19.8. The van der Waals surface area contributed by atoms with Gasteiger partial charge in [-0.05, 0) is 51.3 Å². The van der Waals surface area contributed by atoms with Crippen molar-refractivity contribution in [2.45, 2.75) is 45.2 Å². The van der Waals surface area contributed by atoms with E-state index >= 15 is 0 Å². The number of hydrogen-bond acceptors (Lipinski definition) is 3. The van der Waals surface area contributed by atoms with Crippen LogP contribution in [0.3, 0.4) is 0 Å².